The molecule has 7 nitrogen and oxygen atoms in total. The summed E-state index contributed by atoms with van der Waals surface area (Å²) in [5.41, 5.74) is 2.69. The molecular weight excluding hydrogens is 408 g/mol. The highest BCUT2D eigenvalue weighted by Gasteiger charge is 2.38. The molecule has 0 radical (unpaired) electrons. The lowest BCUT2D eigenvalue weighted by Gasteiger charge is -2.25. The number of ether oxygens (including phenoxy) is 1. The van der Waals surface area contributed by atoms with Gasteiger partial charge < -0.3 is 14.7 Å². The maximum Gasteiger partial charge on any atom is 0.272 e. The molecule has 2 atom stereocenters. The molecule has 2 aliphatic rings. The summed E-state index contributed by atoms with van der Waals surface area (Å²) in [6.45, 7) is 3.42. The van der Waals surface area contributed by atoms with Gasteiger partial charge in [-0.25, -0.2) is 13.8 Å². The monoisotopic (exact) mass is 431 g/mol. The summed E-state index contributed by atoms with van der Waals surface area (Å²) in [7, 11) is 0. The van der Waals surface area contributed by atoms with Crippen molar-refractivity contribution in [2.75, 3.05) is 18.1 Å². The summed E-state index contributed by atoms with van der Waals surface area (Å²) in [6, 6.07) is 6.55. The molecule has 1 aromatic heterocycles. The second-order valence-electron chi connectivity index (χ2n) is 7.86. The fourth-order valence-electron chi connectivity index (χ4n) is 4.10. The van der Waals surface area contributed by atoms with Crippen LogP contribution in [0.2, 0.25) is 0 Å². The average molecular weight is 431 g/mol. The summed E-state index contributed by atoms with van der Waals surface area (Å²) >= 11 is 0. The first kappa shape index (κ1) is 21.2. The van der Waals surface area contributed by atoms with Gasteiger partial charge >= 0.3 is 0 Å². The standard InChI is InChI=1S/C22H23F2N3O4/c1-12-7-14(3-4-18(12)31-11-19(23)24)13(2)26-10-17-16(22(26)30)5-6-25-21(17)27-9-15(28)8-20(27)29/h3-7,13,15,19,28H,8-11H2,1-2H3/t13?,15-/m1/s1. The number of carbonyl (C=O) groups is 2. The van der Waals surface area contributed by atoms with Gasteiger partial charge in [0.25, 0.3) is 12.3 Å². The maximum atomic E-state index is 13.1. The summed E-state index contributed by atoms with van der Waals surface area (Å²) in [5, 5.41) is 9.82. The third kappa shape index (κ3) is 3.97. The molecule has 4 rings (SSSR count). The number of aromatic nitrogens is 1. The summed E-state index contributed by atoms with van der Waals surface area (Å²) < 4.78 is 30.0. The van der Waals surface area contributed by atoms with Gasteiger partial charge in [0.2, 0.25) is 5.91 Å². The van der Waals surface area contributed by atoms with Crippen LogP contribution >= 0.6 is 0 Å². The van der Waals surface area contributed by atoms with Gasteiger partial charge in [0.05, 0.1) is 31.7 Å². The highest BCUT2D eigenvalue weighted by molar-refractivity contribution is 6.02. The van der Waals surface area contributed by atoms with Gasteiger partial charge in [0.1, 0.15) is 18.2 Å². The Morgan fingerprint density at radius 2 is 2.06 bits per heavy atom. The van der Waals surface area contributed by atoms with Crippen LogP contribution in [-0.4, -0.2) is 52.5 Å². The van der Waals surface area contributed by atoms with Crippen LogP contribution in [0.25, 0.3) is 0 Å². The first-order valence-corrected chi connectivity index (χ1v) is 10.0. The Balaban J connectivity index is 1.57. The van der Waals surface area contributed by atoms with Crippen LogP contribution in [0, 0.1) is 6.92 Å². The minimum atomic E-state index is -2.55. The topological polar surface area (TPSA) is 83.0 Å². The Labute approximate surface area is 178 Å². The van der Waals surface area contributed by atoms with Crippen molar-refractivity contribution in [3.8, 4) is 5.75 Å². The van der Waals surface area contributed by atoms with Crippen molar-refractivity contribution in [2.24, 2.45) is 0 Å². The molecule has 9 heteroatoms. The molecule has 1 fully saturated rings. The van der Waals surface area contributed by atoms with Crippen molar-refractivity contribution in [2.45, 2.75) is 45.4 Å². The van der Waals surface area contributed by atoms with E-state index in [0.29, 0.717) is 28.3 Å². The Morgan fingerprint density at radius 3 is 2.71 bits per heavy atom. The van der Waals surface area contributed by atoms with Crippen LogP contribution in [0.15, 0.2) is 30.5 Å². The summed E-state index contributed by atoms with van der Waals surface area (Å²) in [5.74, 6) is 0.398. The molecule has 0 bridgehead atoms. The van der Waals surface area contributed by atoms with E-state index < -0.39 is 19.1 Å². The normalized spacial score (nSPS) is 19.4. The predicted molar refractivity (Wildman–Crippen MR) is 108 cm³/mol. The zero-order chi connectivity index (χ0) is 22.3. The first-order chi connectivity index (χ1) is 14.8. The predicted octanol–water partition coefficient (Wildman–Crippen LogP) is 2.85. The van der Waals surface area contributed by atoms with E-state index in [1.807, 2.05) is 13.0 Å². The Kier molecular flexibility index (Phi) is 5.62. The molecule has 1 unspecified atom stereocenters. The summed E-state index contributed by atoms with van der Waals surface area (Å²) in [6.07, 6.45) is -1.76. The number of benzene rings is 1. The van der Waals surface area contributed by atoms with Crippen molar-refractivity contribution in [3.05, 3.63) is 52.7 Å². The van der Waals surface area contributed by atoms with Crippen LogP contribution in [-0.2, 0) is 11.3 Å². The molecule has 164 valence electrons. The van der Waals surface area contributed by atoms with Crippen molar-refractivity contribution in [1.82, 2.24) is 9.88 Å². The van der Waals surface area contributed by atoms with E-state index in [1.165, 1.54) is 11.1 Å². The number of aliphatic hydroxyl groups excluding tert-OH is 1. The van der Waals surface area contributed by atoms with E-state index in [1.54, 1.807) is 30.0 Å². The fraction of sp³-hybridized carbons (Fsp3) is 0.409. The number of alkyl halides is 2. The first-order valence-electron chi connectivity index (χ1n) is 10.0. The number of aryl methyl sites for hydroxylation is 1. The highest BCUT2D eigenvalue weighted by atomic mass is 19.3. The zero-order valence-electron chi connectivity index (χ0n) is 17.2. The van der Waals surface area contributed by atoms with Crippen molar-refractivity contribution < 1.29 is 28.2 Å². The molecule has 31 heavy (non-hydrogen) atoms. The van der Waals surface area contributed by atoms with E-state index in [0.717, 1.165) is 5.56 Å². The number of β-amino-alcohol motifs (C(OH)–C–C–N with tert-alkyl or cyclic N) is 1. The Hall–Kier alpha value is -3.07. The molecule has 2 aromatic rings. The molecule has 0 aliphatic carbocycles. The minimum absolute atomic E-state index is 0.0403. The number of fused-ring (bicyclic) bond motifs is 1. The number of halogens is 2. The van der Waals surface area contributed by atoms with Crippen LogP contribution in [0.1, 0.15) is 46.4 Å². The van der Waals surface area contributed by atoms with Crippen LogP contribution in [0.3, 0.4) is 0 Å². The third-order valence-electron chi connectivity index (χ3n) is 5.73. The SMILES string of the molecule is Cc1cc(C(C)N2Cc3c(ccnc3N3C[C@H](O)CC3=O)C2=O)ccc1OCC(F)F. The maximum absolute atomic E-state index is 13.1. The van der Waals surface area contributed by atoms with Gasteiger partial charge in [-0.05, 0) is 37.1 Å². The number of rotatable bonds is 6. The van der Waals surface area contributed by atoms with E-state index >= 15 is 0 Å². The molecule has 2 aliphatic heterocycles. The number of hydrogen-bond acceptors (Lipinski definition) is 5. The molecule has 3 heterocycles. The molecule has 1 saturated heterocycles. The molecule has 0 spiro atoms. The number of amides is 2. The van der Waals surface area contributed by atoms with Crippen molar-refractivity contribution >= 4 is 17.6 Å². The number of aliphatic hydroxyl groups is 1. The molecule has 1 aromatic carbocycles. The molecule has 0 saturated carbocycles. The van der Waals surface area contributed by atoms with E-state index in [2.05, 4.69) is 4.98 Å². The van der Waals surface area contributed by atoms with Gasteiger partial charge in [-0.1, -0.05) is 12.1 Å². The van der Waals surface area contributed by atoms with Gasteiger partial charge in [-0.2, -0.15) is 0 Å². The molecular formula is C22H23F2N3O4. The van der Waals surface area contributed by atoms with Gasteiger partial charge in [0, 0.05) is 17.3 Å². The smallest absolute Gasteiger partial charge is 0.272 e. The highest BCUT2D eigenvalue weighted by Crippen LogP contribution is 2.37. The summed E-state index contributed by atoms with van der Waals surface area (Å²) in [4.78, 5) is 32.8. The van der Waals surface area contributed by atoms with E-state index in [4.69, 9.17) is 4.74 Å². The molecule has 1 N–H and O–H groups in total. The van der Waals surface area contributed by atoms with Crippen LogP contribution in [0.4, 0.5) is 14.6 Å². The van der Waals surface area contributed by atoms with Gasteiger partial charge in [-0.15, -0.1) is 0 Å². The van der Waals surface area contributed by atoms with Gasteiger partial charge in [0.15, 0.2) is 0 Å². The van der Waals surface area contributed by atoms with Crippen LogP contribution < -0.4 is 9.64 Å². The lowest BCUT2D eigenvalue weighted by Crippen LogP contribution is -2.28. The second kappa shape index (κ2) is 8.22. The van der Waals surface area contributed by atoms with E-state index in [-0.39, 0.29) is 37.4 Å². The second-order valence-corrected chi connectivity index (χ2v) is 7.86. The third-order valence-corrected chi connectivity index (χ3v) is 5.73. The quantitative estimate of drug-likeness (QED) is 0.761. The largest absolute Gasteiger partial charge is 0.487 e. The number of nitrogens with zero attached hydrogens (tertiary/aromatic N) is 3. The lowest BCUT2D eigenvalue weighted by atomic mass is 10.0. The zero-order valence-corrected chi connectivity index (χ0v) is 17.2. The lowest BCUT2D eigenvalue weighted by molar-refractivity contribution is -0.117. The van der Waals surface area contributed by atoms with Crippen molar-refractivity contribution in [1.29, 1.82) is 0 Å². The van der Waals surface area contributed by atoms with Gasteiger partial charge in [-0.3, -0.25) is 14.5 Å². The van der Waals surface area contributed by atoms with Crippen molar-refractivity contribution in [3.63, 3.8) is 0 Å². The Bertz CT molecular complexity index is 1030. The number of pyridine rings is 1. The fourth-order valence-corrected chi connectivity index (χ4v) is 4.10. The number of hydrogen-bond donors (Lipinski definition) is 1. The number of carbonyl (C=O) groups excluding carboxylic acids is 2. The van der Waals surface area contributed by atoms with Crippen LogP contribution in [0.5, 0.6) is 5.75 Å². The number of anilines is 1. The minimum Gasteiger partial charge on any atom is -0.487 e. The molecule has 2 amide bonds. The Morgan fingerprint density at radius 1 is 1.29 bits per heavy atom. The average Bonchev–Trinajstić information content (AvgIpc) is 3.24. The van der Waals surface area contributed by atoms with E-state index in [9.17, 15) is 23.5 Å².